The highest BCUT2D eigenvalue weighted by Gasteiger charge is 2.27. The topological polar surface area (TPSA) is 58.0 Å². The van der Waals surface area contributed by atoms with Crippen molar-refractivity contribution in [1.82, 2.24) is 20.0 Å². The zero-order valence-electron chi connectivity index (χ0n) is 15.9. The fraction of sp³-hybridized carbons (Fsp3) is 0.429. The van der Waals surface area contributed by atoms with Gasteiger partial charge in [-0.05, 0) is 25.0 Å². The van der Waals surface area contributed by atoms with E-state index in [4.69, 9.17) is 4.52 Å². The van der Waals surface area contributed by atoms with E-state index in [1.165, 1.54) is 22.0 Å². The molecule has 0 aliphatic carbocycles. The average molecular weight is 350 g/mol. The third-order valence-corrected chi connectivity index (χ3v) is 5.19. The van der Waals surface area contributed by atoms with Crippen molar-refractivity contribution >= 4 is 16.5 Å². The lowest BCUT2D eigenvalue weighted by atomic mass is 9.96. The molecule has 1 atom stereocenters. The molecule has 0 fully saturated rings. The molecule has 1 aromatic carbocycles. The van der Waals surface area contributed by atoms with Crippen LogP contribution < -0.4 is 0 Å². The van der Waals surface area contributed by atoms with Gasteiger partial charge in [-0.3, -0.25) is 4.90 Å². The molecule has 5 heteroatoms. The molecule has 3 heterocycles. The molecule has 3 aromatic rings. The number of hydrogen-bond acceptors (Lipinski definition) is 4. The van der Waals surface area contributed by atoms with E-state index in [9.17, 15) is 0 Å². The third-order valence-electron chi connectivity index (χ3n) is 5.19. The van der Waals surface area contributed by atoms with Crippen molar-refractivity contribution in [1.29, 1.82) is 0 Å². The predicted molar refractivity (Wildman–Crippen MR) is 104 cm³/mol. The van der Waals surface area contributed by atoms with Crippen molar-refractivity contribution in [2.24, 2.45) is 0 Å². The number of nitrogens with zero attached hydrogens (tertiary/aromatic N) is 3. The first-order chi connectivity index (χ1) is 12.4. The summed E-state index contributed by atoms with van der Waals surface area (Å²) < 4.78 is 5.53. The monoisotopic (exact) mass is 350 g/mol. The summed E-state index contributed by atoms with van der Waals surface area (Å²) in [5, 5.41) is 5.46. The van der Waals surface area contributed by atoms with E-state index in [2.05, 4.69) is 84.3 Å². The van der Waals surface area contributed by atoms with Gasteiger partial charge in [-0.2, -0.15) is 4.98 Å². The molecular weight excluding hydrogens is 324 g/mol. The summed E-state index contributed by atoms with van der Waals surface area (Å²) in [7, 11) is 0. The number of aromatic amines is 1. The zero-order chi connectivity index (χ0) is 18.3. The summed E-state index contributed by atoms with van der Waals surface area (Å²) in [5.74, 6) is 1.48. The minimum absolute atomic E-state index is 0.0915. The minimum atomic E-state index is -0.0915. The van der Waals surface area contributed by atoms with Crippen molar-refractivity contribution in [3.8, 4) is 0 Å². The van der Waals surface area contributed by atoms with E-state index in [1.807, 2.05) is 0 Å². The van der Waals surface area contributed by atoms with Crippen molar-refractivity contribution in [2.45, 2.75) is 45.6 Å². The van der Waals surface area contributed by atoms with E-state index in [1.54, 1.807) is 0 Å². The Bertz CT molecular complexity index is 944. The Morgan fingerprint density at radius 1 is 1.23 bits per heavy atom. The van der Waals surface area contributed by atoms with Crippen LogP contribution >= 0.6 is 0 Å². The van der Waals surface area contributed by atoms with E-state index in [-0.39, 0.29) is 11.5 Å². The second-order valence-corrected chi connectivity index (χ2v) is 8.10. The fourth-order valence-corrected chi connectivity index (χ4v) is 3.48. The fourth-order valence-electron chi connectivity index (χ4n) is 3.48. The Balaban J connectivity index is 1.51. The molecule has 0 amide bonds. The van der Waals surface area contributed by atoms with Gasteiger partial charge >= 0.3 is 0 Å². The first kappa shape index (κ1) is 17.0. The number of H-pyrrole nitrogens is 1. The SMILES string of the molecule is CC(c1nc(C(C)(C)C)no1)N1CC=C(c2c[nH]c3ccccc23)CC1. The Labute approximate surface area is 154 Å². The molecule has 1 aliphatic heterocycles. The summed E-state index contributed by atoms with van der Waals surface area (Å²) in [6, 6.07) is 8.60. The van der Waals surface area contributed by atoms with E-state index < -0.39 is 0 Å². The molecule has 26 heavy (non-hydrogen) atoms. The number of hydrogen-bond donors (Lipinski definition) is 1. The number of fused-ring (bicyclic) bond motifs is 1. The molecular formula is C21H26N4O. The van der Waals surface area contributed by atoms with Gasteiger partial charge in [-0.25, -0.2) is 0 Å². The quantitative estimate of drug-likeness (QED) is 0.744. The molecule has 5 nitrogen and oxygen atoms in total. The van der Waals surface area contributed by atoms with Crippen LogP contribution in [0.25, 0.3) is 16.5 Å². The highest BCUT2D eigenvalue weighted by atomic mass is 16.5. The molecule has 136 valence electrons. The van der Waals surface area contributed by atoms with Crippen molar-refractivity contribution in [3.05, 3.63) is 53.8 Å². The van der Waals surface area contributed by atoms with Crippen molar-refractivity contribution in [2.75, 3.05) is 13.1 Å². The molecule has 0 bridgehead atoms. The summed E-state index contributed by atoms with van der Waals surface area (Å²) in [4.78, 5) is 10.4. The van der Waals surface area contributed by atoms with Crippen LogP contribution in [0.15, 0.2) is 41.1 Å². The van der Waals surface area contributed by atoms with Crippen LogP contribution in [0.2, 0.25) is 0 Å². The predicted octanol–water partition coefficient (Wildman–Crippen LogP) is 4.70. The molecule has 0 radical (unpaired) electrons. The van der Waals surface area contributed by atoms with Gasteiger partial charge in [0.1, 0.15) is 0 Å². The summed E-state index contributed by atoms with van der Waals surface area (Å²) in [5.41, 5.74) is 3.83. The molecule has 1 unspecified atom stereocenters. The minimum Gasteiger partial charge on any atom is -0.361 e. The number of aromatic nitrogens is 3. The first-order valence-corrected chi connectivity index (χ1v) is 9.27. The summed E-state index contributed by atoms with van der Waals surface area (Å²) >= 11 is 0. The van der Waals surface area contributed by atoms with Gasteiger partial charge in [0.05, 0.1) is 6.04 Å². The maximum absolute atomic E-state index is 5.53. The van der Waals surface area contributed by atoms with Crippen LogP contribution in [0.3, 0.4) is 0 Å². The molecule has 0 spiro atoms. The largest absolute Gasteiger partial charge is 0.361 e. The molecule has 2 aromatic heterocycles. The van der Waals surface area contributed by atoms with Crippen LogP contribution in [-0.2, 0) is 5.41 Å². The van der Waals surface area contributed by atoms with E-state index in [0.29, 0.717) is 5.89 Å². The number of para-hydroxylation sites is 1. The molecule has 0 saturated carbocycles. The lowest BCUT2D eigenvalue weighted by Crippen LogP contribution is -2.31. The highest BCUT2D eigenvalue weighted by molar-refractivity contribution is 5.92. The highest BCUT2D eigenvalue weighted by Crippen LogP contribution is 2.32. The lowest BCUT2D eigenvalue weighted by Gasteiger charge is -2.29. The summed E-state index contributed by atoms with van der Waals surface area (Å²) in [6.45, 7) is 10.3. The van der Waals surface area contributed by atoms with Crippen LogP contribution in [0.4, 0.5) is 0 Å². The molecule has 1 aliphatic rings. The van der Waals surface area contributed by atoms with E-state index >= 15 is 0 Å². The second-order valence-electron chi connectivity index (χ2n) is 8.10. The zero-order valence-corrected chi connectivity index (χ0v) is 15.9. The number of nitrogens with one attached hydrogen (secondary N) is 1. The van der Waals surface area contributed by atoms with Crippen molar-refractivity contribution < 1.29 is 4.52 Å². The van der Waals surface area contributed by atoms with Crippen LogP contribution in [-0.4, -0.2) is 33.1 Å². The maximum atomic E-state index is 5.53. The lowest BCUT2D eigenvalue weighted by molar-refractivity contribution is 0.189. The average Bonchev–Trinajstić information content (AvgIpc) is 3.28. The standard InChI is InChI=1S/C21H26N4O/c1-14(19-23-20(24-26-19)21(2,3)4)25-11-9-15(10-12-25)17-13-22-18-8-6-5-7-16(17)18/h5-9,13-14,22H,10-12H2,1-4H3. The normalized spacial score (nSPS) is 17.5. The van der Waals surface area contributed by atoms with Gasteiger partial charge in [-0.1, -0.05) is 50.2 Å². The van der Waals surface area contributed by atoms with Crippen LogP contribution in [0.5, 0.6) is 0 Å². The van der Waals surface area contributed by atoms with Gasteiger partial charge in [-0.15, -0.1) is 0 Å². The Hall–Kier alpha value is -2.40. The third kappa shape index (κ3) is 3.07. The van der Waals surface area contributed by atoms with E-state index in [0.717, 1.165) is 25.3 Å². The summed E-state index contributed by atoms with van der Waals surface area (Å²) in [6.07, 6.45) is 5.48. The van der Waals surface area contributed by atoms with Crippen LogP contribution in [0, 0.1) is 0 Å². The van der Waals surface area contributed by atoms with Gasteiger partial charge in [0, 0.05) is 41.2 Å². The molecule has 4 rings (SSSR count). The smallest absolute Gasteiger partial charge is 0.243 e. The number of benzene rings is 1. The second kappa shape index (κ2) is 6.40. The van der Waals surface area contributed by atoms with Gasteiger partial charge in [0.25, 0.3) is 0 Å². The van der Waals surface area contributed by atoms with Crippen LogP contribution in [0.1, 0.15) is 57.4 Å². The van der Waals surface area contributed by atoms with Crippen molar-refractivity contribution in [3.63, 3.8) is 0 Å². The Morgan fingerprint density at radius 2 is 2.04 bits per heavy atom. The van der Waals surface area contributed by atoms with Gasteiger partial charge < -0.3 is 9.51 Å². The van der Waals surface area contributed by atoms with Gasteiger partial charge in [0.2, 0.25) is 5.89 Å². The van der Waals surface area contributed by atoms with Gasteiger partial charge in [0.15, 0.2) is 5.82 Å². The molecule has 1 N–H and O–H groups in total. The Morgan fingerprint density at radius 3 is 2.73 bits per heavy atom. The number of rotatable bonds is 3. The first-order valence-electron chi connectivity index (χ1n) is 9.27. The Kier molecular flexibility index (Phi) is 4.19. The maximum Gasteiger partial charge on any atom is 0.243 e. The molecule has 0 saturated heterocycles.